The molecular weight excluding hydrogens is 212 g/mol. The minimum atomic E-state index is -0.192. The average Bonchev–Trinajstić information content (AvgIpc) is 2.81. The SMILES string of the molecule is CC1CCCCC1NCC(O)CN1CCCC1. The summed E-state index contributed by atoms with van der Waals surface area (Å²) in [4.78, 5) is 2.39. The lowest BCUT2D eigenvalue weighted by Crippen LogP contribution is -2.44. The van der Waals surface area contributed by atoms with E-state index < -0.39 is 0 Å². The summed E-state index contributed by atoms with van der Waals surface area (Å²) in [7, 11) is 0. The number of likely N-dealkylation sites (tertiary alicyclic amines) is 1. The van der Waals surface area contributed by atoms with Gasteiger partial charge in [0, 0.05) is 19.1 Å². The van der Waals surface area contributed by atoms with E-state index in [-0.39, 0.29) is 6.10 Å². The third-order valence-corrected chi connectivity index (χ3v) is 4.39. The molecule has 2 fully saturated rings. The van der Waals surface area contributed by atoms with Crippen molar-refractivity contribution in [1.29, 1.82) is 0 Å². The fraction of sp³-hybridized carbons (Fsp3) is 1.00. The first kappa shape index (κ1) is 13.3. The number of aliphatic hydroxyl groups excluding tert-OH is 1. The highest BCUT2D eigenvalue weighted by Gasteiger charge is 2.22. The number of aliphatic hydroxyl groups is 1. The highest BCUT2D eigenvalue weighted by Crippen LogP contribution is 2.23. The number of rotatable bonds is 5. The lowest BCUT2D eigenvalue weighted by Gasteiger charge is -2.31. The van der Waals surface area contributed by atoms with Gasteiger partial charge in [0.1, 0.15) is 0 Å². The van der Waals surface area contributed by atoms with Crippen LogP contribution >= 0.6 is 0 Å². The molecule has 3 atom stereocenters. The zero-order chi connectivity index (χ0) is 12.1. The van der Waals surface area contributed by atoms with Gasteiger partial charge in [-0.15, -0.1) is 0 Å². The predicted octanol–water partition coefficient (Wildman–Crippen LogP) is 1.61. The van der Waals surface area contributed by atoms with Crippen LogP contribution in [0.15, 0.2) is 0 Å². The standard InChI is InChI=1S/C14H28N2O/c1-12-6-2-3-7-14(12)15-10-13(17)11-16-8-4-5-9-16/h12-15,17H,2-11H2,1H3. The van der Waals surface area contributed by atoms with Gasteiger partial charge in [-0.25, -0.2) is 0 Å². The smallest absolute Gasteiger partial charge is 0.0791 e. The zero-order valence-corrected chi connectivity index (χ0v) is 11.2. The van der Waals surface area contributed by atoms with E-state index in [2.05, 4.69) is 17.1 Å². The van der Waals surface area contributed by atoms with Gasteiger partial charge in [-0.3, -0.25) is 0 Å². The van der Waals surface area contributed by atoms with Gasteiger partial charge in [0.25, 0.3) is 0 Å². The Balaban J connectivity index is 1.62. The third kappa shape index (κ3) is 4.23. The molecule has 17 heavy (non-hydrogen) atoms. The molecule has 0 aromatic rings. The molecular formula is C14H28N2O. The third-order valence-electron chi connectivity index (χ3n) is 4.39. The number of β-amino-alcohol motifs (C(OH)–C–C–N with tert-alkyl or cyclic N) is 1. The molecule has 2 N–H and O–H groups in total. The maximum Gasteiger partial charge on any atom is 0.0791 e. The van der Waals surface area contributed by atoms with E-state index in [9.17, 15) is 5.11 Å². The van der Waals surface area contributed by atoms with Crippen molar-refractivity contribution < 1.29 is 5.11 Å². The Hall–Kier alpha value is -0.120. The van der Waals surface area contributed by atoms with Gasteiger partial charge in [-0.05, 0) is 44.7 Å². The minimum Gasteiger partial charge on any atom is -0.390 e. The highest BCUT2D eigenvalue weighted by molar-refractivity contribution is 4.80. The van der Waals surface area contributed by atoms with E-state index >= 15 is 0 Å². The molecule has 3 nitrogen and oxygen atoms in total. The summed E-state index contributed by atoms with van der Waals surface area (Å²) in [6, 6.07) is 0.636. The molecule has 3 heteroatoms. The first-order valence-electron chi connectivity index (χ1n) is 7.39. The van der Waals surface area contributed by atoms with Crippen LogP contribution in [0.2, 0.25) is 0 Å². The van der Waals surface area contributed by atoms with Crippen LogP contribution in [0.4, 0.5) is 0 Å². The van der Waals surface area contributed by atoms with Crippen LogP contribution < -0.4 is 5.32 Å². The maximum absolute atomic E-state index is 10.0. The first-order chi connectivity index (χ1) is 8.25. The maximum atomic E-state index is 10.0. The van der Waals surface area contributed by atoms with Crippen LogP contribution in [0.5, 0.6) is 0 Å². The Morgan fingerprint density at radius 3 is 2.59 bits per heavy atom. The predicted molar refractivity (Wildman–Crippen MR) is 71.1 cm³/mol. The summed E-state index contributed by atoms with van der Waals surface area (Å²) < 4.78 is 0. The Labute approximate surface area is 106 Å². The molecule has 0 bridgehead atoms. The number of hydrogen-bond acceptors (Lipinski definition) is 3. The second-order valence-corrected chi connectivity index (χ2v) is 5.94. The van der Waals surface area contributed by atoms with E-state index in [0.717, 1.165) is 19.0 Å². The molecule has 0 aromatic heterocycles. The lowest BCUT2D eigenvalue weighted by atomic mass is 9.86. The van der Waals surface area contributed by atoms with Gasteiger partial charge < -0.3 is 15.3 Å². The molecule has 100 valence electrons. The van der Waals surface area contributed by atoms with Crippen LogP contribution in [0.25, 0.3) is 0 Å². The van der Waals surface area contributed by atoms with E-state index in [4.69, 9.17) is 0 Å². The Bertz CT molecular complexity index is 216. The van der Waals surface area contributed by atoms with Crippen LogP contribution in [-0.4, -0.2) is 48.3 Å². The second-order valence-electron chi connectivity index (χ2n) is 5.94. The van der Waals surface area contributed by atoms with Gasteiger partial charge in [-0.1, -0.05) is 19.8 Å². The van der Waals surface area contributed by atoms with Gasteiger partial charge in [-0.2, -0.15) is 0 Å². The van der Waals surface area contributed by atoms with Gasteiger partial charge in [0.15, 0.2) is 0 Å². The Kier molecular flexibility index (Phi) is 5.26. The monoisotopic (exact) mass is 240 g/mol. The molecule has 0 spiro atoms. The van der Waals surface area contributed by atoms with Crippen LogP contribution in [0, 0.1) is 5.92 Å². The normalized spacial score (nSPS) is 32.8. The van der Waals surface area contributed by atoms with E-state index in [1.165, 1.54) is 51.6 Å². The molecule has 1 aliphatic carbocycles. The molecule has 0 aromatic carbocycles. The van der Waals surface area contributed by atoms with E-state index in [0.29, 0.717) is 6.04 Å². The molecule has 1 saturated carbocycles. The summed E-state index contributed by atoms with van der Waals surface area (Å²) in [5.74, 6) is 0.780. The Morgan fingerprint density at radius 2 is 1.88 bits per heavy atom. The summed E-state index contributed by atoms with van der Waals surface area (Å²) >= 11 is 0. The van der Waals surface area contributed by atoms with Crippen LogP contribution in [0.3, 0.4) is 0 Å². The lowest BCUT2D eigenvalue weighted by molar-refractivity contribution is 0.114. The van der Waals surface area contributed by atoms with Crippen molar-refractivity contribution in [3.63, 3.8) is 0 Å². The average molecular weight is 240 g/mol. The van der Waals surface area contributed by atoms with Gasteiger partial charge in [0.05, 0.1) is 6.10 Å². The molecule has 1 aliphatic heterocycles. The largest absolute Gasteiger partial charge is 0.390 e. The molecule has 1 heterocycles. The number of nitrogens with one attached hydrogen (secondary N) is 1. The highest BCUT2D eigenvalue weighted by atomic mass is 16.3. The van der Waals surface area contributed by atoms with Crippen LogP contribution in [-0.2, 0) is 0 Å². The fourth-order valence-corrected chi connectivity index (χ4v) is 3.23. The summed E-state index contributed by atoms with van der Waals surface area (Å²) in [5, 5.41) is 13.6. The zero-order valence-electron chi connectivity index (χ0n) is 11.2. The van der Waals surface area contributed by atoms with Crippen molar-refractivity contribution in [2.75, 3.05) is 26.2 Å². The Morgan fingerprint density at radius 1 is 1.18 bits per heavy atom. The summed E-state index contributed by atoms with van der Waals surface area (Å²) in [6.45, 7) is 6.32. The fourth-order valence-electron chi connectivity index (χ4n) is 3.23. The van der Waals surface area contributed by atoms with Crippen molar-refractivity contribution in [3.05, 3.63) is 0 Å². The molecule has 0 amide bonds. The molecule has 2 rings (SSSR count). The van der Waals surface area contributed by atoms with Crippen molar-refractivity contribution in [2.24, 2.45) is 5.92 Å². The molecule has 0 radical (unpaired) electrons. The van der Waals surface area contributed by atoms with Gasteiger partial charge in [0.2, 0.25) is 0 Å². The number of hydrogen-bond donors (Lipinski definition) is 2. The van der Waals surface area contributed by atoms with Crippen molar-refractivity contribution in [3.8, 4) is 0 Å². The quantitative estimate of drug-likeness (QED) is 0.766. The first-order valence-corrected chi connectivity index (χ1v) is 7.39. The summed E-state index contributed by atoms with van der Waals surface area (Å²) in [5.41, 5.74) is 0. The van der Waals surface area contributed by atoms with E-state index in [1.54, 1.807) is 0 Å². The molecule has 3 unspecified atom stereocenters. The topological polar surface area (TPSA) is 35.5 Å². The minimum absolute atomic E-state index is 0.192. The molecule has 2 aliphatic rings. The number of nitrogens with zero attached hydrogens (tertiary/aromatic N) is 1. The van der Waals surface area contributed by atoms with Crippen molar-refractivity contribution >= 4 is 0 Å². The van der Waals surface area contributed by atoms with Crippen LogP contribution in [0.1, 0.15) is 45.4 Å². The van der Waals surface area contributed by atoms with Crippen molar-refractivity contribution in [1.82, 2.24) is 10.2 Å². The second kappa shape index (κ2) is 6.72. The van der Waals surface area contributed by atoms with E-state index in [1.807, 2.05) is 0 Å². The van der Waals surface area contributed by atoms with Crippen molar-refractivity contribution in [2.45, 2.75) is 57.6 Å². The van der Waals surface area contributed by atoms with Gasteiger partial charge >= 0.3 is 0 Å². The summed E-state index contributed by atoms with van der Waals surface area (Å²) in [6.07, 6.45) is 7.79. The molecule has 1 saturated heterocycles.